The van der Waals surface area contributed by atoms with Crippen LogP contribution in [0.4, 0.5) is 0 Å². The van der Waals surface area contributed by atoms with Crippen LogP contribution in [-0.4, -0.2) is 36.4 Å². The molecule has 6 heteroatoms. The number of aliphatic carboxylic acids is 1. The summed E-state index contributed by atoms with van der Waals surface area (Å²) in [7, 11) is 2.98. The molecule has 2 N–H and O–H groups in total. The Hall–Kier alpha value is -3.02. The monoisotopic (exact) mass is 330 g/mol. The van der Waals surface area contributed by atoms with Crippen molar-refractivity contribution in [3.05, 3.63) is 59.2 Å². The third kappa shape index (κ3) is 3.84. The molecule has 0 aliphatic rings. The average Bonchev–Trinajstić information content (AvgIpc) is 2.59. The number of benzene rings is 2. The van der Waals surface area contributed by atoms with Gasteiger partial charge in [-0.2, -0.15) is 0 Å². The van der Waals surface area contributed by atoms with Gasteiger partial charge in [0.1, 0.15) is 11.5 Å². The van der Waals surface area contributed by atoms with Gasteiger partial charge in [-0.05, 0) is 42.3 Å². The predicted octanol–water partition coefficient (Wildman–Crippen LogP) is 2.81. The van der Waals surface area contributed by atoms with Crippen molar-refractivity contribution in [3.8, 4) is 11.5 Å². The van der Waals surface area contributed by atoms with Crippen molar-refractivity contribution in [2.45, 2.75) is 12.3 Å². The molecule has 24 heavy (non-hydrogen) atoms. The molecule has 0 saturated carbocycles. The Labute approximate surface area is 139 Å². The van der Waals surface area contributed by atoms with E-state index in [4.69, 9.17) is 14.6 Å². The van der Waals surface area contributed by atoms with E-state index in [-0.39, 0.29) is 12.0 Å². The zero-order chi connectivity index (χ0) is 17.7. The smallest absolute Gasteiger partial charge is 0.335 e. The molecule has 126 valence electrons. The van der Waals surface area contributed by atoms with Crippen molar-refractivity contribution in [2.24, 2.45) is 0 Å². The molecule has 0 aromatic heterocycles. The number of rotatable bonds is 7. The van der Waals surface area contributed by atoms with Crippen molar-refractivity contribution in [1.82, 2.24) is 0 Å². The maximum absolute atomic E-state index is 11.8. The maximum atomic E-state index is 11.8. The average molecular weight is 330 g/mol. The van der Waals surface area contributed by atoms with Crippen LogP contribution < -0.4 is 9.47 Å². The van der Waals surface area contributed by atoms with Crippen LogP contribution in [0.5, 0.6) is 11.5 Å². The highest BCUT2D eigenvalue weighted by atomic mass is 16.5. The van der Waals surface area contributed by atoms with Gasteiger partial charge in [0, 0.05) is 5.56 Å². The van der Waals surface area contributed by atoms with Gasteiger partial charge in [0.05, 0.1) is 25.7 Å². The highest BCUT2D eigenvalue weighted by Gasteiger charge is 2.24. The summed E-state index contributed by atoms with van der Waals surface area (Å²) >= 11 is 0. The molecule has 0 aliphatic carbocycles. The van der Waals surface area contributed by atoms with Crippen molar-refractivity contribution in [1.29, 1.82) is 0 Å². The fraction of sp³-hybridized carbons (Fsp3) is 0.222. The van der Waals surface area contributed by atoms with Crippen LogP contribution >= 0.6 is 0 Å². The van der Waals surface area contributed by atoms with Crippen molar-refractivity contribution < 1.29 is 29.3 Å². The number of carboxylic acids is 2. The minimum Gasteiger partial charge on any atom is -0.497 e. The van der Waals surface area contributed by atoms with Crippen LogP contribution in [0.2, 0.25) is 0 Å². The summed E-state index contributed by atoms with van der Waals surface area (Å²) in [6.07, 6.45) is 0.207. The summed E-state index contributed by atoms with van der Waals surface area (Å²) in [5, 5.41) is 18.5. The molecule has 0 bridgehead atoms. The Morgan fingerprint density at radius 3 is 2.17 bits per heavy atom. The quantitative estimate of drug-likeness (QED) is 0.811. The SMILES string of the molecule is COc1ccc(OC)c(C(Cc2ccc(C(=O)O)cc2)C(=O)O)c1. The Morgan fingerprint density at radius 1 is 1.00 bits per heavy atom. The van der Waals surface area contributed by atoms with Gasteiger partial charge in [0.25, 0.3) is 0 Å². The lowest BCUT2D eigenvalue weighted by atomic mass is 9.91. The maximum Gasteiger partial charge on any atom is 0.335 e. The lowest BCUT2D eigenvalue weighted by Gasteiger charge is -2.17. The molecule has 6 nitrogen and oxygen atoms in total. The molecule has 1 unspecified atom stereocenters. The highest BCUT2D eigenvalue weighted by molar-refractivity contribution is 5.87. The van der Waals surface area contributed by atoms with Gasteiger partial charge in [-0.1, -0.05) is 12.1 Å². The van der Waals surface area contributed by atoms with Crippen LogP contribution in [0.15, 0.2) is 42.5 Å². The van der Waals surface area contributed by atoms with E-state index in [2.05, 4.69) is 0 Å². The van der Waals surface area contributed by atoms with E-state index >= 15 is 0 Å². The summed E-state index contributed by atoms with van der Waals surface area (Å²) in [5.41, 5.74) is 1.38. The molecule has 0 amide bonds. The van der Waals surface area contributed by atoms with Gasteiger partial charge in [-0.15, -0.1) is 0 Å². The molecule has 0 heterocycles. The van der Waals surface area contributed by atoms with E-state index < -0.39 is 17.9 Å². The van der Waals surface area contributed by atoms with E-state index in [1.807, 2.05) is 0 Å². The van der Waals surface area contributed by atoms with Crippen LogP contribution in [0, 0.1) is 0 Å². The zero-order valence-corrected chi connectivity index (χ0v) is 13.4. The van der Waals surface area contributed by atoms with Crippen LogP contribution in [0.1, 0.15) is 27.4 Å². The second kappa shape index (κ2) is 7.50. The number of methoxy groups -OCH3 is 2. The Bertz CT molecular complexity index is 736. The van der Waals surface area contributed by atoms with Gasteiger partial charge in [-0.25, -0.2) is 4.79 Å². The number of carboxylic acid groups (broad SMARTS) is 2. The molecule has 0 saturated heterocycles. The molecule has 1 atom stereocenters. The first-order chi connectivity index (χ1) is 11.5. The van der Waals surface area contributed by atoms with Gasteiger partial charge >= 0.3 is 11.9 Å². The normalized spacial score (nSPS) is 11.6. The molecular weight excluding hydrogens is 312 g/mol. The summed E-state index contributed by atoms with van der Waals surface area (Å²) in [6, 6.07) is 11.2. The van der Waals surface area contributed by atoms with E-state index in [0.717, 1.165) is 5.56 Å². The number of hydrogen-bond acceptors (Lipinski definition) is 4. The molecule has 0 aliphatic heterocycles. The zero-order valence-electron chi connectivity index (χ0n) is 13.4. The number of ether oxygens (including phenoxy) is 2. The van der Waals surface area contributed by atoms with Crippen molar-refractivity contribution in [2.75, 3.05) is 14.2 Å². The molecule has 0 radical (unpaired) electrons. The Balaban J connectivity index is 2.36. The first-order valence-corrected chi connectivity index (χ1v) is 7.23. The van der Waals surface area contributed by atoms with Gasteiger partial charge in [-0.3, -0.25) is 4.79 Å². The molecule has 0 spiro atoms. The van der Waals surface area contributed by atoms with Crippen LogP contribution in [0.3, 0.4) is 0 Å². The third-order valence-electron chi connectivity index (χ3n) is 3.75. The van der Waals surface area contributed by atoms with Gasteiger partial charge < -0.3 is 19.7 Å². The van der Waals surface area contributed by atoms with E-state index in [1.54, 1.807) is 30.3 Å². The standard InChI is InChI=1S/C18H18O6/c1-23-13-7-8-16(24-2)14(10-13)15(18(21)22)9-11-3-5-12(6-4-11)17(19)20/h3-8,10,15H,9H2,1-2H3,(H,19,20)(H,21,22). The molecule has 0 fully saturated rings. The fourth-order valence-corrected chi connectivity index (χ4v) is 2.46. The lowest BCUT2D eigenvalue weighted by molar-refractivity contribution is -0.138. The van der Waals surface area contributed by atoms with Gasteiger partial charge in [0.15, 0.2) is 0 Å². The fourth-order valence-electron chi connectivity index (χ4n) is 2.46. The Morgan fingerprint density at radius 2 is 1.67 bits per heavy atom. The molecule has 2 aromatic rings. The summed E-state index contributed by atoms with van der Waals surface area (Å²) in [4.78, 5) is 22.7. The third-order valence-corrected chi connectivity index (χ3v) is 3.75. The minimum atomic E-state index is -1.02. The second-order valence-electron chi connectivity index (χ2n) is 5.20. The summed E-state index contributed by atoms with van der Waals surface area (Å²) < 4.78 is 10.4. The first kappa shape index (κ1) is 17.3. The Kier molecular flexibility index (Phi) is 5.42. The number of hydrogen-bond donors (Lipinski definition) is 2. The van der Waals surface area contributed by atoms with Crippen molar-refractivity contribution in [3.63, 3.8) is 0 Å². The van der Waals surface area contributed by atoms with E-state index in [0.29, 0.717) is 17.1 Å². The topological polar surface area (TPSA) is 93.1 Å². The van der Waals surface area contributed by atoms with E-state index in [9.17, 15) is 14.7 Å². The minimum absolute atomic E-state index is 0.157. The second-order valence-corrected chi connectivity index (χ2v) is 5.20. The van der Waals surface area contributed by atoms with Crippen molar-refractivity contribution >= 4 is 11.9 Å². The largest absolute Gasteiger partial charge is 0.497 e. The molecule has 2 rings (SSSR count). The highest BCUT2D eigenvalue weighted by Crippen LogP contribution is 2.33. The van der Waals surface area contributed by atoms with Crippen LogP contribution in [-0.2, 0) is 11.2 Å². The lowest BCUT2D eigenvalue weighted by Crippen LogP contribution is -2.15. The van der Waals surface area contributed by atoms with Crippen LogP contribution in [0.25, 0.3) is 0 Å². The molecular formula is C18H18O6. The molecule has 2 aromatic carbocycles. The summed E-state index contributed by atoms with van der Waals surface area (Å²) in [5.74, 6) is -1.86. The number of carbonyl (C=O) groups is 2. The predicted molar refractivity (Wildman–Crippen MR) is 87.0 cm³/mol. The number of aromatic carboxylic acids is 1. The first-order valence-electron chi connectivity index (χ1n) is 7.23. The van der Waals surface area contributed by atoms with Gasteiger partial charge in [0.2, 0.25) is 0 Å². The van der Waals surface area contributed by atoms with E-state index in [1.165, 1.54) is 26.4 Å². The summed E-state index contributed by atoms with van der Waals surface area (Å²) in [6.45, 7) is 0.